The first-order valence-corrected chi connectivity index (χ1v) is 4.35. The normalized spacial score (nSPS) is 9.62. The number of carbonyl (C=O) groups is 2. The van der Waals surface area contributed by atoms with Crippen molar-refractivity contribution in [3.05, 3.63) is 17.7 Å². The molecule has 6 nitrogen and oxygen atoms in total. The molecule has 86 valence electrons. The Morgan fingerprint density at radius 1 is 1.31 bits per heavy atom. The molecular formula is C10H11NO5. The van der Waals surface area contributed by atoms with Crippen LogP contribution in [0.2, 0.25) is 0 Å². The van der Waals surface area contributed by atoms with Crippen LogP contribution < -0.4 is 15.2 Å². The van der Waals surface area contributed by atoms with E-state index in [4.69, 9.17) is 20.3 Å². The quantitative estimate of drug-likeness (QED) is 0.450. The molecule has 0 saturated heterocycles. The first-order valence-electron chi connectivity index (χ1n) is 4.35. The maximum atomic E-state index is 10.8. The summed E-state index contributed by atoms with van der Waals surface area (Å²) in [6, 6.07) is 2.44. The maximum absolute atomic E-state index is 10.8. The lowest BCUT2D eigenvalue weighted by molar-refractivity contribution is -0.132. The number of anilines is 1. The van der Waals surface area contributed by atoms with Gasteiger partial charge in [0.15, 0.2) is 11.5 Å². The van der Waals surface area contributed by atoms with Crippen LogP contribution in [-0.2, 0) is 4.79 Å². The summed E-state index contributed by atoms with van der Waals surface area (Å²) in [5, 5.41) is 8.83. The lowest BCUT2D eigenvalue weighted by Crippen LogP contribution is -2.07. The van der Waals surface area contributed by atoms with Crippen molar-refractivity contribution in [1.82, 2.24) is 0 Å². The number of ether oxygens (including phenoxy) is 2. The van der Waals surface area contributed by atoms with E-state index in [0.717, 1.165) is 6.07 Å². The molecule has 0 heterocycles. The largest absolute Gasteiger partial charge is 0.493 e. The molecule has 1 rings (SSSR count). The molecule has 0 saturated carbocycles. The molecule has 0 aliphatic carbocycles. The molecule has 0 amide bonds. The highest BCUT2D eigenvalue weighted by Gasteiger charge is 2.15. The highest BCUT2D eigenvalue weighted by Crippen LogP contribution is 2.32. The number of esters is 1. The van der Waals surface area contributed by atoms with Gasteiger partial charge in [0.2, 0.25) is 0 Å². The zero-order valence-corrected chi connectivity index (χ0v) is 8.81. The Morgan fingerprint density at radius 2 is 1.94 bits per heavy atom. The van der Waals surface area contributed by atoms with Gasteiger partial charge in [-0.2, -0.15) is 0 Å². The van der Waals surface area contributed by atoms with Crippen LogP contribution in [-0.4, -0.2) is 24.2 Å². The number of nitrogen functional groups attached to an aromatic ring is 1. The number of carboxylic acid groups (broad SMARTS) is 1. The summed E-state index contributed by atoms with van der Waals surface area (Å²) < 4.78 is 9.71. The summed E-state index contributed by atoms with van der Waals surface area (Å²) in [7, 11) is 1.36. The zero-order valence-electron chi connectivity index (χ0n) is 8.81. The molecule has 0 spiro atoms. The molecular weight excluding hydrogens is 214 g/mol. The highest BCUT2D eigenvalue weighted by molar-refractivity contribution is 5.95. The van der Waals surface area contributed by atoms with Gasteiger partial charge in [-0.25, -0.2) is 4.79 Å². The maximum Gasteiger partial charge on any atom is 0.337 e. The van der Waals surface area contributed by atoms with Gasteiger partial charge < -0.3 is 20.3 Å². The minimum atomic E-state index is -1.20. The van der Waals surface area contributed by atoms with Crippen LogP contribution in [0.1, 0.15) is 17.3 Å². The third-order valence-corrected chi connectivity index (χ3v) is 1.82. The molecule has 0 atom stereocenters. The molecule has 0 radical (unpaired) electrons. The molecule has 0 unspecified atom stereocenters. The van der Waals surface area contributed by atoms with E-state index >= 15 is 0 Å². The van der Waals surface area contributed by atoms with Crippen molar-refractivity contribution in [3.63, 3.8) is 0 Å². The summed E-state index contributed by atoms with van der Waals surface area (Å²) in [4.78, 5) is 21.6. The Kier molecular flexibility index (Phi) is 3.34. The molecule has 6 heteroatoms. The minimum absolute atomic E-state index is 0.0293. The van der Waals surface area contributed by atoms with E-state index in [1.807, 2.05) is 0 Å². The van der Waals surface area contributed by atoms with Crippen molar-refractivity contribution in [2.45, 2.75) is 6.92 Å². The Labute approximate surface area is 91.6 Å². The monoisotopic (exact) mass is 225 g/mol. The van der Waals surface area contributed by atoms with Gasteiger partial charge in [0.25, 0.3) is 0 Å². The topological polar surface area (TPSA) is 98.8 Å². The lowest BCUT2D eigenvalue weighted by Gasteiger charge is -2.10. The molecule has 0 aliphatic heterocycles. The SMILES string of the molecule is COc1cc(N)c(C(=O)O)cc1OC(C)=O. The highest BCUT2D eigenvalue weighted by atomic mass is 16.6. The van der Waals surface area contributed by atoms with Gasteiger partial charge in [0.05, 0.1) is 18.4 Å². The van der Waals surface area contributed by atoms with Crippen LogP contribution in [0.3, 0.4) is 0 Å². The Morgan fingerprint density at radius 3 is 2.38 bits per heavy atom. The van der Waals surface area contributed by atoms with E-state index in [1.54, 1.807) is 0 Å². The second kappa shape index (κ2) is 4.52. The molecule has 1 aromatic carbocycles. The third-order valence-electron chi connectivity index (χ3n) is 1.82. The molecule has 3 N–H and O–H groups in total. The summed E-state index contributed by atoms with van der Waals surface area (Å²) >= 11 is 0. The van der Waals surface area contributed by atoms with Crippen LogP contribution in [0.25, 0.3) is 0 Å². The Bertz CT molecular complexity index is 441. The van der Waals surface area contributed by atoms with Crippen molar-refractivity contribution in [2.75, 3.05) is 12.8 Å². The van der Waals surface area contributed by atoms with Gasteiger partial charge in [-0.1, -0.05) is 0 Å². The summed E-state index contributed by atoms with van der Waals surface area (Å²) in [5.74, 6) is -1.53. The van der Waals surface area contributed by atoms with Crippen molar-refractivity contribution in [2.24, 2.45) is 0 Å². The number of aromatic carboxylic acids is 1. The number of carboxylic acids is 1. The first kappa shape index (κ1) is 11.8. The fraction of sp³-hybridized carbons (Fsp3) is 0.200. The van der Waals surface area contributed by atoms with Gasteiger partial charge in [0.1, 0.15) is 0 Å². The Hall–Kier alpha value is -2.24. The lowest BCUT2D eigenvalue weighted by atomic mass is 10.1. The zero-order chi connectivity index (χ0) is 12.3. The number of methoxy groups -OCH3 is 1. The van der Waals surface area contributed by atoms with Crippen molar-refractivity contribution in [1.29, 1.82) is 0 Å². The van der Waals surface area contributed by atoms with E-state index in [1.165, 1.54) is 20.1 Å². The predicted octanol–water partition coefficient (Wildman–Crippen LogP) is 0.901. The predicted molar refractivity (Wildman–Crippen MR) is 55.7 cm³/mol. The smallest absolute Gasteiger partial charge is 0.337 e. The van der Waals surface area contributed by atoms with Crippen LogP contribution in [0.4, 0.5) is 5.69 Å². The number of benzene rings is 1. The summed E-state index contributed by atoms with van der Waals surface area (Å²) in [5.41, 5.74) is 5.40. The standard InChI is InChI=1S/C10H11NO5/c1-5(12)16-9-3-6(10(13)14)7(11)4-8(9)15-2/h3-4H,11H2,1-2H3,(H,13,14). The molecule has 1 aromatic rings. The van der Waals surface area contributed by atoms with E-state index < -0.39 is 11.9 Å². The van der Waals surface area contributed by atoms with Gasteiger partial charge >= 0.3 is 11.9 Å². The van der Waals surface area contributed by atoms with Crippen LogP contribution >= 0.6 is 0 Å². The summed E-state index contributed by atoms with van der Waals surface area (Å²) in [6.07, 6.45) is 0. The number of carbonyl (C=O) groups excluding carboxylic acids is 1. The summed E-state index contributed by atoms with van der Waals surface area (Å²) in [6.45, 7) is 1.20. The van der Waals surface area contributed by atoms with Crippen molar-refractivity contribution < 1.29 is 24.2 Å². The van der Waals surface area contributed by atoms with E-state index in [2.05, 4.69) is 0 Å². The first-order chi connectivity index (χ1) is 7.45. The van der Waals surface area contributed by atoms with Gasteiger partial charge in [0, 0.05) is 19.1 Å². The van der Waals surface area contributed by atoms with Crippen LogP contribution in [0.15, 0.2) is 12.1 Å². The van der Waals surface area contributed by atoms with Crippen LogP contribution in [0, 0.1) is 0 Å². The average Bonchev–Trinajstić information content (AvgIpc) is 2.18. The third kappa shape index (κ3) is 2.41. The van der Waals surface area contributed by atoms with Gasteiger partial charge in [-0.05, 0) is 0 Å². The molecule has 0 aliphatic rings. The van der Waals surface area contributed by atoms with Gasteiger partial charge in [-0.15, -0.1) is 0 Å². The van der Waals surface area contributed by atoms with Gasteiger partial charge in [-0.3, -0.25) is 4.79 Å². The average molecular weight is 225 g/mol. The van der Waals surface area contributed by atoms with Crippen LogP contribution in [0.5, 0.6) is 11.5 Å². The molecule has 0 aromatic heterocycles. The minimum Gasteiger partial charge on any atom is -0.493 e. The van der Waals surface area contributed by atoms with Crippen molar-refractivity contribution >= 4 is 17.6 Å². The second-order valence-electron chi connectivity index (χ2n) is 2.99. The number of hydrogen-bond acceptors (Lipinski definition) is 5. The van der Waals surface area contributed by atoms with E-state index in [9.17, 15) is 9.59 Å². The molecule has 16 heavy (non-hydrogen) atoms. The second-order valence-corrected chi connectivity index (χ2v) is 2.99. The number of rotatable bonds is 3. The fourth-order valence-corrected chi connectivity index (χ4v) is 1.16. The van der Waals surface area contributed by atoms with Crippen molar-refractivity contribution in [3.8, 4) is 11.5 Å². The van der Waals surface area contributed by atoms with E-state index in [-0.39, 0.29) is 22.7 Å². The fourth-order valence-electron chi connectivity index (χ4n) is 1.16. The number of hydrogen-bond donors (Lipinski definition) is 2. The number of nitrogens with two attached hydrogens (primary N) is 1. The molecule has 0 fully saturated rings. The Balaban J connectivity index is 3.28. The van der Waals surface area contributed by atoms with E-state index in [0.29, 0.717) is 0 Å². The molecule has 0 bridgehead atoms.